The number of thiophene rings is 1. The van der Waals surface area contributed by atoms with Crippen molar-refractivity contribution in [3.05, 3.63) is 22.4 Å². The van der Waals surface area contributed by atoms with E-state index in [0.717, 1.165) is 19.5 Å². The standard InChI is InChI=1S/C15H24N2OS/c1-11(2)17(10-13-5-4-8-19-13)15(18)14-9-12(3)6-7-16-14/h4-5,8,11-12,14,16H,6-7,9-10H2,1-3H3. The van der Waals surface area contributed by atoms with Crippen LogP contribution in [-0.4, -0.2) is 29.4 Å². The third kappa shape index (κ3) is 3.80. The molecule has 0 radical (unpaired) electrons. The molecule has 106 valence electrons. The number of piperidine rings is 1. The van der Waals surface area contributed by atoms with E-state index in [0.29, 0.717) is 5.92 Å². The van der Waals surface area contributed by atoms with Crippen molar-refractivity contribution in [3.8, 4) is 0 Å². The smallest absolute Gasteiger partial charge is 0.240 e. The zero-order chi connectivity index (χ0) is 13.8. The topological polar surface area (TPSA) is 32.3 Å². The lowest BCUT2D eigenvalue weighted by molar-refractivity contribution is -0.136. The lowest BCUT2D eigenvalue weighted by Gasteiger charge is -2.34. The van der Waals surface area contributed by atoms with Crippen LogP contribution in [0.4, 0.5) is 0 Å². The van der Waals surface area contributed by atoms with E-state index in [-0.39, 0.29) is 18.0 Å². The lowest BCUT2D eigenvalue weighted by atomic mass is 9.93. The summed E-state index contributed by atoms with van der Waals surface area (Å²) >= 11 is 1.72. The minimum absolute atomic E-state index is 0.00566. The molecule has 2 heterocycles. The largest absolute Gasteiger partial charge is 0.334 e. The molecule has 2 atom stereocenters. The van der Waals surface area contributed by atoms with Crippen LogP contribution in [0.2, 0.25) is 0 Å². The number of carbonyl (C=O) groups excluding carboxylic acids is 1. The number of nitrogens with one attached hydrogen (secondary N) is 1. The fourth-order valence-corrected chi connectivity index (χ4v) is 3.28. The van der Waals surface area contributed by atoms with Crippen LogP contribution in [0.1, 0.15) is 38.5 Å². The Bertz CT molecular complexity index is 402. The van der Waals surface area contributed by atoms with Crippen LogP contribution < -0.4 is 5.32 Å². The number of hydrogen-bond acceptors (Lipinski definition) is 3. The van der Waals surface area contributed by atoms with E-state index >= 15 is 0 Å². The molecule has 1 amide bonds. The second kappa shape index (κ2) is 6.53. The Morgan fingerprint density at radius 3 is 2.95 bits per heavy atom. The SMILES string of the molecule is CC1CCNC(C(=O)N(Cc2cccs2)C(C)C)C1. The zero-order valence-electron chi connectivity index (χ0n) is 12.1. The highest BCUT2D eigenvalue weighted by atomic mass is 32.1. The van der Waals surface area contributed by atoms with E-state index in [1.807, 2.05) is 11.0 Å². The molecule has 1 aromatic rings. The maximum atomic E-state index is 12.7. The van der Waals surface area contributed by atoms with Gasteiger partial charge in [0.2, 0.25) is 5.91 Å². The van der Waals surface area contributed by atoms with Gasteiger partial charge in [-0.2, -0.15) is 0 Å². The maximum absolute atomic E-state index is 12.7. The number of carbonyl (C=O) groups is 1. The Hall–Kier alpha value is -0.870. The Morgan fingerprint density at radius 2 is 2.37 bits per heavy atom. The summed E-state index contributed by atoms with van der Waals surface area (Å²) in [6.07, 6.45) is 2.14. The molecule has 0 spiro atoms. The Balaban J connectivity index is 2.03. The normalized spacial score (nSPS) is 23.6. The molecule has 1 N–H and O–H groups in total. The number of rotatable bonds is 4. The van der Waals surface area contributed by atoms with E-state index in [1.165, 1.54) is 11.3 Å². The molecule has 1 aromatic heterocycles. The second-order valence-electron chi connectivity index (χ2n) is 5.78. The number of nitrogens with zero attached hydrogens (tertiary/aromatic N) is 1. The molecule has 19 heavy (non-hydrogen) atoms. The highest BCUT2D eigenvalue weighted by Crippen LogP contribution is 2.20. The lowest BCUT2D eigenvalue weighted by Crippen LogP contribution is -2.51. The molecule has 2 rings (SSSR count). The fourth-order valence-electron chi connectivity index (χ4n) is 2.58. The Labute approximate surface area is 120 Å². The van der Waals surface area contributed by atoms with Crippen molar-refractivity contribution < 1.29 is 4.79 Å². The minimum atomic E-state index is 0.00566. The van der Waals surface area contributed by atoms with E-state index in [4.69, 9.17) is 0 Å². The van der Waals surface area contributed by atoms with E-state index < -0.39 is 0 Å². The predicted octanol–water partition coefficient (Wildman–Crippen LogP) is 2.87. The van der Waals surface area contributed by atoms with Crippen molar-refractivity contribution >= 4 is 17.2 Å². The summed E-state index contributed by atoms with van der Waals surface area (Å²) < 4.78 is 0. The Morgan fingerprint density at radius 1 is 1.58 bits per heavy atom. The van der Waals surface area contributed by atoms with E-state index in [2.05, 4.69) is 37.5 Å². The predicted molar refractivity (Wildman–Crippen MR) is 80.2 cm³/mol. The molecule has 0 aliphatic carbocycles. The molecule has 1 fully saturated rings. The molecule has 0 aromatic carbocycles. The highest BCUT2D eigenvalue weighted by Gasteiger charge is 2.29. The first-order chi connectivity index (χ1) is 9.08. The van der Waals surface area contributed by atoms with Gasteiger partial charge >= 0.3 is 0 Å². The van der Waals surface area contributed by atoms with Gasteiger partial charge in [-0.25, -0.2) is 0 Å². The van der Waals surface area contributed by atoms with Crippen LogP contribution in [0.3, 0.4) is 0 Å². The Kier molecular flexibility index (Phi) is 4.99. The van der Waals surface area contributed by atoms with Gasteiger partial charge in [0.15, 0.2) is 0 Å². The first-order valence-corrected chi connectivity index (χ1v) is 8.02. The highest BCUT2D eigenvalue weighted by molar-refractivity contribution is 7.09. The van der Waals surface area contributed by atoms with Gasteiger partial charge in [-0.3, -0.25) is 4.79 Å². The molecule has 0 bridgehead atoms. The molecule has 3 nitrogen and oxygen atoms in total. The van der Waals surface area contributed by atoms with E-state index in [1.54, 1.807) is 11.3 Å². The van der Waals surface area contributed by atoms with Crippen LogP contribution in [0.25, 0.3) is 0 Å². The molecule has 2 unspecified atom stereocenters. The first-order valence-electron chi connectivity index (χ1n) is 7.14. The zero-order valence-corrected chi connectivity index (χ0v) is 12.9. The second-order valence-corrected chi connectivity index (χ2v) is 6.81. The third-order valence-electron chi connectivity index (χ3n) is 3.78. The van der Waals surface area contributed by atoms with Gasteiger partial charge < -0.3 is 10.2 Å². The summed E-state index contributed by atoms with van der Waals surface area (Å²) in [5.74, 6) is 0.904. The average Bonchev–Trinajstić information content (AvgIpc) is 2.87. The molecule has 4 heteroatoms. The van der Waals surface area contributed by atoms with Gasteiger partial charge in [0, 0.05) is 10.9 Å². The van der Waals surface area contributed by atoms with Crippen LogP contribution >= 0.6 is 11.3 Å². The van der Waals surface area contributed by atoms with Gasteiger partial charge in [-0.05, 0) is 50.6 Å². The van der Waals surface area contributed by atoms with Crippen LogP contribution in [-0.2, 0) is 11.3 Å². The number of amides is 1. The summed E-state index contributed by atoms with van der Waals surface area (Å²) in [5, 5.41) is 5.45. The van der Waals surface area contributed by atoms with E-state index in [9.17, 15) is 4.79 Å². The van der Waals surface area contributed by atoms with Crippen molar-refractivity contribution in [3.63, 3.8) is 0 Å². The minimum Gasteiger partial charge on any atom is -0.334 e. The van der Waals surface area contributed by atoms with Crippen molar-refractivity contribution in [2.24, 2.45) is 5.92 Å². The van der Waals surface area contributed by atoms with Crippen LogP contribution in [0.15, 0.2) is 17.5 Å². The third-order valence-corrected chi connectivity index (χ3v) is 4.64. The summed E-state index contributed by atoms with van der Waals surface area (Å²) in [6, 6.07) is 4.40. The van der Waals surface area contributed by atoms with Gasteiger partial charge in [0.05, 0.1) is 12.6 Å². The monoisotopic (exact) mass is 280 g/mol. The molecular weight excluding hydrogens is 256 g/mol. The van der Waals surface area contributed by atoms with Crippen molar-refractivity contribution in [1.29, 1.82) is 0 Å². The van der Waals surface area contributed by atoms with Gasteiger partial charge in [-0.15, -0.1) is 11.3 Å². The maximum Gasteiger partial charge on any atom is 0.240 e. The van der Waals surface area contributed by atoms with Gasteiger partial charge in [-0.1, -0.05) is 13.0 Å². The summed E-state index contributed by atoms with van der Waals surface area (Å²) in [4.78, 5) is 15.9. The van der Waals surface area contributed by atoms with Gasteiger partial charge in [0.25, 0.3) is 0 Å². The fraction of sp³-hybridized carbons (Fsp3) is 0.667. The molecule has 0 saturated carbocycles. The molecular formula is C15H24N2OS. The molecule has 1 aliphatic rings. The van der Waals surface area contributed by atoms with Crippen LogP contribution in [0.5, 0.6) is 0 Å². The van der Waals surface area contributed by atoms with Gasteiger partial charge in [0.1, 0.15) is 0 Å². The molecule has 1 saturated heterocycles. The molecule has 1 aliphatic heterocycles. The number of hydrogen-bond donors (Lipinski definition) is 1. The average molecular weight is 280 g/mol. The first kappa shape index (κ1) is 14.5. The quantitative estimate of drug-likeness (QED) is 0.920. The summed E-state index contributed by atoms with van der Waals surface area (Å²) in [5.41, 5.74) is 0. The summed E-state index contributed by atoms with van der Waals surface area (Å²) in [7, 11) is 0. The van der Waals surface area contributed by atoms with Crippen molar-refractivity contribution in [1.82, 2.24) is 10.2 Å². The van der Waals surface area contributed by atoms with Crippen LogP contribution in [0, 0.1) is 5.92 Å². The van der Waals surface area contributed by atoms with Crippen molar-refractivity contribution in [2.75, 3.05) is 6.54 Å². The summed E-state index contributed by atoms with van der Waals surface area (Å²) in [6.45, 7) is 8.12. The van der Waals surface area contributed by atoms with Crippen molar-refractivity contribution in [2.45, 2.75) is 52.2 Å².